The molecule has 0 unspecified atom stereocenters. The lowest BCUT2D eigenvalue weighted by Crippen LogP contribution is -2.57. The number of hydrogen-bond donors (Lipinski definition) is 0. The molecule has 4 saturated heterocycles. The minimum absolute atomic E-state index is 0.225. The molecule has 0 saturated carbocycles. The largest absolute Gasteiger partial charge is 0.373 e. The average Bonchev–Trinajstić information content (AvgIpc) is 3.13. The van der Waals surface area contributed by atoms with Gasteiger partial charge in [0.05, 0.1) is 33.0 Å². The van der Waals surface area contributed by atoms with Gasteiger partial charge in [-0.1, -0.05) is 0 Å². The molecular weight excluding hydrogens is 366 g/mol. The van der Waals surface area contributed by atoms with E-state index in [0.717, 1.165) is 43.9 Å². The van der Waals surface area contributed by atoms with E-state index in [1.54, 1.807) is 0 Å². The highest BCUT2D eigenvalue weighted by molar-refractivity contribution is 5.00. The van der Waals surface area contributed by atoms with E-state index >= 15 is 0 Å². The van der Waals surface area contributed by atoms with E-state index in [-0.39, 0.29) is 24.4 Å². The van der Waals surface area contributed by atoms with E-state index in [9.17, 15) is 0 Å². The molecule has 0 aliphatic carbocycles. The van der Waals surface area contributed by atoms with Crippen molar-refractivity contribution in [1.82, 2.24) is 0 Å². The quantitative estimate of drug-likeness (QED) is 0.490. The molecule has 4 heterocycles. The highest BCUT2D eigenvalue weighted by Crippen LogP contribution is 2.44. The highest BCUT2D eigenvalue weighted by atomic mass is 16.9. The van der Waals surface area contributed by atoms with Crippen LogP contribution in [0.5, 0.6) is 0 Å². The fourth-order valence-electron chi connectivity index (χ4n) is 4.71. The van der Waals surface area contributed by atoms with Crippen LogP contribution in [0.2, 0.25) is 0 Å². The van der Waals surface area contributed by atoms with E-state index < -0.39 is 17.9 Å². The minimum Gasteiger partial charge on any atom is -0.373 e. The van der Waals surface area contributed by atoms with Crippen molar-refractivity contribution in [3.63, 3.8) is 0 Å². The van der Waals surface area contributed by atoms with Crippen LogP contribution in [0.25, 0.3) is 0 Å². The third kappa shape index (κ3) is 4.25. The molecule has 8 heteroatoms. The van der Waals surface area contributed by atoms with E-state index in [1.807, 2.05) is 27.7 Å². The van der Waals surface area contributed by atoms with E-state index in [1.165, 1.54) is 0 Å². The summed E-state index contributed by atoms with van der Waals surface area (Å²) in [7, 11) is 0. The molecule has 0 spiro atoms. The Morgan fingerprint density at radius 2 is 1.54 bits per heavy atom. The first kappa shape index (κ1) is 20.9. The first-order chi connectivity index (χ1) is 13.2. The van der Waals surface area contributed by atoms with Crippen molar-refractivity contribution < 1.29 is 37.6 Å². The summed E-state index contributed by atoms with van der Waals surface area (Å²) in [5.41, 5.74) is 0. The number of nitrogens with zero attached hydrogens (tertiary/aromatic N) is 1. The molecule has 162 valence electrons. The summed E-state index contributed by atoms with van der Waals surface area (Å²) in [4.78, 5) is 0. The van der Waals surface area contributed by atoms with Crippen LogP contribution in [-0.4, -0.2) is 99.4 Å². The van der Waals surface area contributed by atoms with Crippen molar-refractivity contribution >= 4 is 0 Å². The molecule has 4 rings (SSSR count). The van der Waals surface area contributed by atoms with E-state index in [2.05, 4.69) is 6.92 Å². The second kappa shape index (κ2) is 7.74. The lowest BCUT2D eigenvalue weighted by atomic mass is 9.99. The molecule has 0 radical (unpaired) electrons. The van der Waals surface area contributed by atoms with Gasteiger partial charge in [0.1, 0.15) is 44.1 Å². The predicted molar refractivity (Wildman–Crippen MR) is 99.6 cm³/mol. The number of ether oxygens (including phenoxy) is 7. The fraction of sp³-hybridized carbons (Fsp3) is 1.00. The zero-order valence-corrected chi connectivity index (χ0v) is 17.8. The molecule has 0 aromatic carbocycles. The fourth-order valence-corrected chi connectivity index (χ4v) is 4.71. The summed E-state index contributed by atoms with van der Waals surface area (Å²) in [5, 5.41) is 0. The van der Waals surface area contributed by atoms with Crippen LogP contribution in [0.15, 0.2) is 0 Å². The molecule has 0 aromatic heterocycles. The lowest BCUT2D eigenvalue weighted by molar-refractivity contribution is -0.933. The van der Waals surface area contributed by atoms with Gasteiger partial charge >= 0.3 is 0 Å². The van der Waals surface area contributed by atoms with Crippen LogP contribution in [0.4, 0.5) is 0 Å². The number of quaternary nitrogens is 1. The van der Waals surface area contributed by atoms with E-state index in [4.69, 9.17) is 33.2 Å². The third-order valence-corrected chi connectivity index (χ3v) is 6.33. The van der Waals surface area contributed by atoms with Crippen molar-refractivity contribution in [2.45, 2.75) is 76.9 Å². The SMILES string of the molecule is CC[N+]1(CCOC[C@H]2O[C@@H]3OC(C)(C)O[C@@H]3[C@H]3OC(C)(C)O[C@H]32)CCOCC1. The average molecular weight is 403 g/mol. The Hall–Kier alpha value is -0.320. The van der Waals surface area contributed by atoms with Gasteiger partial charge in [0.25, 0.3) is 0 Å². The normalized spacial score (nSPS) is 40.8. The Morgan fingerprint density at radius 3 is 2.25 bits per heavy atom. The zero-order valence-electron chi connectivity index (χ0n) is 17.8. The summed E-state index contributed by atoms with van der Waals surface area (Å²) >= 11 is 0. The maximum Gasteiger partial charge on any atom is 0.190 e. The van der Waals surface area contributed by atoms with Crippen LogP contribution in [-0.2, 0) is 33.2 Å². The van der Waals surface area contributed by atoms with Crippen LogP contribution in [0.3, 0.4) is 0 Å². The van der Waals surface area contributed by atoms with Crippen LogP contribution < -0.4 is 0 Å². The van der Waals surface area contributed by atoms with Crippen molar-refractivity contribution in [2.24, 2.45) is 0 Å². The summed E-state index contributed by atoms with van der Waals surface area (Å²) in [5.74, 6) is -1.37. The number of rotatable bonds is 6. The standard InChI is InChI=1S/C20H36NO7/c1-6-21(7-10-22-11-8-21)9-12-23-13-14-15-16(26-19(2,3)25-15)17-18(24-14)28-20(4,5)27-17/h14-18H,6-13H2,1-5H3/q+1/t14-,15+,16+,17-,18-/m1/s1. The molecule has 0 bridgehead atoms. The first-order valence-electron chi connectivity index (χ1n) is 10.6. The van der Waals surface area contributed by atoms with Gasteiger partial charge in [-0.25, -0.2) is 0 Å². The van der Waals surface area contributed by atoms with Crippen molar-refractivity contribution in [3.8, 4) is 0 Å². The topological polar surface area (TPSA) is 64.6 Å². The number of likely N-dealkylation sites (N-methyl/N-ethyl adjacent to an activating group) is 1. The molecule has 4 aliphatic heterocycles. The Labute approximate surface area is 167 Å². The van der Waals surface area contributed by atoms with Crippen LogP contribution in [0, 0.1) is 0 Å². The molecule has 4 fully saturated rings. The maximum atomic E-state index is 6.19. The molecule has 8 nitrogen and oxygen atoms in total. The van der Waals surface area contributed by atoms with Crippen molar-refractivity contribution in [2.75, 3.05) is 52.6 Å². The molecule has 0 aromatic rings. The molecule has 5 atom stereocenters. The van der Waals surface area contributed by atoms with Crippen molar-refractivity contribution in [3.05, 3.63) is 0 Å². The summed E-state index contributed by atoms with van der Waals surface area (Å²) in [6.07, 6.45) is -1.45. The zero-order chi connectivity index (χ0) is 20.0. The smallest absolute Gasteiger partial charge is 0.190 e. The monoisotopic (exact) mass is 402 g/mol. The van der Waals surface area contributed by atoms with Crippen LogP contribution >= 0.6 is 0 Å². The second-order valence-corrected chi connectivity index (χ2v) is 9.22. The maximum absolute atomic E-state index is 6.19. The second-order valence-electron chi connectivity index (χ2n) is 9.22. The van der Waals surface area contributed by atoms with Gasteiger partial charge in [0, 0.05) is 0 Å². The van der Waals surface area contributed by atoms with Gasteiger partial charge in [-0.3, -0.25) is 0 Å². The Kier molecular flexibility index (Phi) is 5.79. The van der Waals surface area contributed by atoms with Gasteiger partial charge < -0.3 is 37.6 Å². The Balaban J connectivity index is 1.35. The first-order valence-corrected chi connectivity index (χ1v) is 10.6. The lowest BCUT2D eigenvalue weighted by Gasteiger charge is -2.41. The van der Waals surface area contributed by atoms with Gasteiger partial charge in [0.2, 0.25) is 0 Å². The molecule has 0 N–H and O–H groups in total. The van der Waals surface area contributed by atoms with Gasteiger partial charge in [-0.15, -0.1) is 0 Å². The van der Waals surface area contributed by atoms with E-state index in [0.29, 0.717) is 13.2 Å². The summed E-state index contributed by atoms with van der Waals surface area (Å²) in [6, 6.07) is 0. The highest BCUT2D eigenvalue weighted by Gasteiger charge is 2.60. The van der Waals surface area contributed by atoms with Gasteiger partial charge in [-0.05, 0) is 34.6 Å². The third-order valence-electron chi connectivity index (χ3n) is 6.33. The van der Waals surface area contributed by atoms with Gasteiger partial charge in [-0.2, -0.15) is 0 Å². The molecular formula is C20H36NO7+. The van der Waals surface area contributed by atoms with Crippen LogP contribution in [0.1, 0.15) is 34.6 Å². The number of fused-ring (bicyclic) bond motifs is 3. The van der Waals surface area contributed by atoms with Gasteiger partial charge in [0.15, 0.2) is 17.9 Å². The molecule has 0 amide bonds. The number of hydrogen-bond acceptors (Lipinski definition) is 7. The molecule has 4 aliphatic rings. The summed E-state index contributed by atoms with van der Waals surface area (Å²) in [6.45, 7) is 16.9. The van der Waals surface area contributed by atoms with Crippen molar-refractivity contribution in [1.29, 1.82) is 0 Å². The Bertz CT molecular complexity index is 549. The predicted octanol–water partition coefficient (Wildman–Crippen LogP) is 1.27. The summed E-state index contributed by atoms with van der Waals surface area (Å²) < 4.78 is 43.1. The Morgan fingerprint density at radius 1 is 0.893 bits per heavy atom. The molecule has 28 heavy (non-hydrogen) atoms. The number of morpholine rings is 1. The minimum atomic E-state index is -0.695.